The summed E-state index contributed by atoms with van der Waals surface area (Å²) in [4.78, 5) is 0. The molecule has 0 bridgehead atoms. The van der Waals surface area contributed by atoms with Crippen molar-refractivity contribution in [1.29, 1.82) is 0 Å². The van der Waals surface area contributed by atoms with Crippen molar-refractivity contribution >= 4 is 18.4 Å². The van der Waals surface area contributed by atoms with Crippen LogP contribution >= 0.6 is 12.6 Å². The van der Waals surface area contributed by atoms with Crippen LogP contribution in [0.25, 0.3) is 0 Å². The minimum atomic E-state index is 0.437. The van der Waals surface area contributed by atoms with Gasteiger partial charge < -0.3 is 5.32 Å². The van der Waals surface area contributed by atoms with Gasteiger partial charge in [0, 0.05) is 12.3 Å². The van der Waals surface area contributed by atoms with E-state index in [0.29, 0.717) is 5.92 Å². The molecule has 0 aliphatic carbocycles. The van der Waals surface area contributed by atoms with Gasteiger partial charge in [0.1, 0.15) is 5.82 Å². The van der Waals surface area contributed by atoms with E-state index < -0.39 is 0 Å². The molecule has 0 aromatic carbocycles. The van der Waals surface area contributed by atoms with E-state index in [2.05, 4.69) is 42.0 Å². The number of hydrogen-bond acceptors (Lipinski definition) is 4. The van der Waals surface area contributed by atoms with E-state index in [0.717, 1.165) is 23.8 Å². The van der Waals surface area contributed by atoms with Crippen molar-refractivity contribution < 1.29 is 0 Å². The molecule has 0 fully saturated rings. The van der Waals surface area contributed by atoms with Gasteiger partial charge in [-0.2, -0.15) is 17.7 Å². The van der Waals surface area contributed by atoms with Crippen molar-refractivity contribution in [3.05, 3.63) is 17.8 Å². The summed E-state index contributed by atoms with van der Waals surface area (Å²) < 4.78 is 0. The van der Waals surface area contributed by atoms with Crippen molar-refractivity contribution in [2.75, 3.05) is 17.6 Å². The second kappa shape index (κ2) is 5.07. The Morgan fingerprint density at radius 1 is 1.38 bits per heavy atom. The van der Waals surface area contributed by atoms with Gasteiger partial charge in [0.15, 0.2) is 0 Å². The highest BCUT2D eigenvalue weighted by molar-refractivity contribution is 7.80. The van der Waals surface area contributed by atoms with Gasteiger partial charge in [-0.05, 0) is 18.1 Å². The second-order valence-corrected chi connectivity index (χ2v) is 3.60. The smallest absolute Gasteiger partial charge is 0.148 e. The van der Waals surface area contributed by atoms with Crippen LogP contribution in [-0.4, -0.2) is 22.5 Å². The minimum Gasteiger partial charge on any atom is -0.368 e. The Kier molecular flexibility index (Phi) is 4.02. The van der Waals surface area contributed by atoms with Crippen LogP contribution in [0.15, 0.2) is 12.1 Å². The Labute approximate surface area is 84.4 Å². The lowest BCUT2D eigenvalue weighted by Gasteiger charge is -2.05. The van der Waals surface area contributed by atoms with Crippen LogP contribution in [0.3, 0.4) is 0 Å². The SMILES string of the molecule is CC(C)c1ccc(NCCS)nn1. The van der Waals surface area contributed by atoms with Gasteiger partial charge in [-0.15, -0.1) is 5.10 Å². The van der Waals surface area contributed by atoms with Crippen molar-refractivity contribution in [3.63, 3.8) is 0 Å². The summed E-state index contributed by atoms with van der Waals surface area (Å²) >= 11 is 4.09. The van der Waals surface area contributed by atoms with Crippen molar-refractivity contribution in [1.82, 2.24) is 10.2 Å². The molecule has 0 aliphatic rings. The molecule has 3 nitrogen and oxygen atoms in total. The van der Waals surface area contributed by atoms with E-state index in [4.69, 9.17) is 0 Å². The first-order chi connectivity index (χ1) is 6.24. The first-order valence-electron chi connectivity index (χ1n) is 4.42. The van der Waals surface area contributed by atoms with Crippen LogP contribution in [0.2, 0.25) is 0 Å². The summed E-state index contributed by atoms with van der Waals surface area (Å²) in [6.07, 6.45) is 0. The molecular weight excluding hydrogens is 182 g/mol. The van der Waals surface area contributed by atoms with Crippen LogP contribution in [0.4, 0.5) is 5.82 Å². The minimum absolute atomic E-state index is 0.437. The molecule has 1 heterocycles. The topological polar surface area (TPSA) is 37.8 Å². The van der Waals surface area contributed by atoms with Gasteiger partial charge in [-0.1, -0.05) is 13.8 Å². The highest BCUT2D eigenvalue weighted by atomic mass is 32.1. The van der Waals surface area contributed by atoms with Crippen LogP contribution in [-0.2, 0) is 0 Å². The summed E-state index contributed by atoms with van der Waals surface area (Å²) in [5.74, 6) is 2.05. The van der Waals surface area contributed by atoms with E-state index in [9.17, 15) is 0 Å². The van der Waals surface area contributed by atoms with Gasteiger partial charge >= 0.3 is 0 Å². The maximum atomic E-state index is 4.09. The molecule has 4 heteroatoms. The molecule has 72 valence electrons. The molecule has 0 radical (unpaired) electrons. The molecular formula is C9H15N3S. The number of anilines is 1. The molecule has 1 N–H and O–H groups in total. The molecule has 1 aromatic heterocycles. The summed E-state index contributed by atoms with van der Waals surface area (Å²) in [6.45, 7) is 5.02. The first-order valence-corrected chi connectivity index (χ1v) is 5.05. The number of rotatable bonds is 4. The van der Waals surface area contributed by atoms with E-state index in [1.807, 2.05) is 12.1 Å². The Morgan fingerprint density at radius 3 is 2.62 bits per heavy atom. The van der Waals surface area contributed by atoms with Gasteiger partial charge in [-0.25, -0.2) is 0 Å². The number of aromatic nitrogens is 2. The lowest BCUT2D eigenvalue weighted by molar-refractivity contribution is 0.786. The summed E-state index contributed by atoms with van der Waals surface area (Å²) in [7, 11) is 0. The quantitative estimate of drug-likeness (QED) is 0.724. The third kappa shape index (κ3) is 3.22. The molecule has 0 amide bonds. The molecule has 0 atom stereocenters. The third-order valence-corrected chi connectivity index (χ3v) is 1.92. The zero-order chi connectivity index (χ0) is 9.68. The Balaban J connectivity index is 2.59. The van der Waals surface area contributed by atoms with Crippen LogP contribution < -0.4 is 5.32 Å². The fourth-order valence-corrected chi connectivity index (χ4v) is 1.04. The summed E-state index contributed by atoms with van der Waals surface area (Å²) in [6, 6.07) is 3.95. The Morgan fingerprint density at radius 2 is 2.15 bits per heavy atom. The average Bonchev–Trinajstić information content (AvgIpc) is 2.15. The van der Waals surface area contributed by atoms with Crippen LogP contribution in [0, 0.1) is 0 Å². The number of nitrogens with zero attached hydrogens (tertiary/aromatic N) is 2. The van der Waals surface area contributed by atoms with Crippen molar-refractivity contribution in [2.45, 2.75) is 19.8 Å². The van der Waals surface area contributed by atoms with E-state index in [1.54, 1.807) is 0 Å². The molecule has 0 spiro atoms. The molecule has 1 rings (SSSR count). The maximum Gasteiger partial charge on any atom is 0.148 e. The zero-order valence-corrected chi connectivity index (χ0v) is 8.88. The monoisotopic (exact) mass is 197 g/mol. The highest BCUT2D eigenvalue weighted by Crippen LogP contribution is 2.11. The summed E-state index contributed by atoms with van der Waals surface area (Å²) in [5, 5.41) is 11.2. The van der Waals surface area contributed by atoms with Crippen molar-refractivity contribution in [2.24, 2.45) is 0 Å². The predicted octanol–water partition coefficient (Wildman–Crippen LogP) is 1.94. The van der Waals surface area contributed by atoms with Gasteiger partial charge in [0.05, 0.1) is 5.69 Å². The maximum absolute atomic E-state index is 4.09. The number of thiol groups is 1. The molecule has 0 aliphatic heterocycles. The van der Waals surface area contributed by atoms with E-state index in [-0.39, 0.29) is 0 Å². The van der Waals surface area contributed by atoms with Gasteiger partial charge in [-0.3, -0.25) is 0 Å². The summed E-state index contributed by atoms with van der Waals surface area (Å²) in [5.41, 5.74) is 1.02. The number of hydrogen-bond donors (Lipinski definition) is 2. The molecule has 13 heavy (non-hydrogen) atoms. The van der Waals surface area contributed by atoms with E-state index >= 15 is 0 Å². The molecule has 0 saturated heterocycles. The fraction of sp³-hybridized carbons (Fsp3) is 0.556. The van der Waals surface area contributed by atoms with Crippen LogP contribution in [0.1, 0.15) is 25.5 Å². The standard InChI is InChI=1S/C9H15N3S/c1-7(2)8-3-4-9(12-11-8)10-5-6-13/h3-4,7,13H,5-6H2,1-2H3,(H,10,12). The average molecular weight is 197 g/mol. The lowest BCUT2D eigenvalue weighted by Crippen LogP contribution is -2.06. The normalized spacial score (nSPS) is 10.5. The largest absolute Gasteiger partial charge is 0.368 e. The van der Waals surface area contributed by atoms with Gasteiger partial charge in [0.2, 0.25) is 0 Å². The first kappa shape index (κ1) is 10.3. The Hall–Kier alpha value is -0.770. The van der Waals surface area contributed by atoms with E-state index in [1.165, 1.54) is 0 Å². The zero-order valence-electron chi connectivity index (χ0n) is 7.99. The predicted molar refractivity (Wildman–Crippen MR) is 58.5 cm³/mol. The molecule has 0 unspecified atom stereocenters. The van der Waals surface area contributed by atoms with Crippen molar-refractivity contribution in [3.8, 4) is 0 Å². The number of nitrogens with one attached hydrogen (secondary N) is 1. The lowest BCUT2D eigenvalue weighted by atomic mass is 10.1. The second-order valence-electron chi connectivity index (χ2n) is 3.15. The highest BCUT2D eigenvalue weighted by Gasteiger charge is 2.00. The van der Waals surface area contributed by atoms with Crippen LogP contribution in [0.5, 0.6) is 0 Å². The molecule has 0 saturated carbocycles. The molecule has 1 aromatic rings. The van der Waals surface area contributed by atoms with Gasteiger partial charge in [0.25, 0.3) is 0 Å². The Bertz CT molecular complexity index is 246. The fourth-order valence-electron chi connectivity index (χ4n) is 0.929. The third-order valence-electron chi connectivity index (χ3n) is 1.69.